The number of hydrogen-bond donors (Lipinski definition) is 2. The van der Waals surface area contributed by atoms with Gasteiger partial charge in [-0.05, 0) is 37.3 Å². The van der Waals surface area contributed by atoms with Crippen molar-refractivity contribution in [2.75, 3.05) is 5.32 Å². The van der Waals surface area contributed by atoms with Gasteiger partial charge in [0.15, 0.2) is 5.82 Å². The number of aryl methyl sites for hydroxylation is 1. The van der Waals surface area contributed by atoms with Crippen LogP contribution in [0.3, 0.4) is 0 Å². The van der Waals surface area contributed by atoms with Gasteiger partial charge in [-0.1, -0.05) is 6.07 Å². The molecule has 4 rings (SSSR count). The van der Waals surface area contributed by atoms with Crippen LogP contribution in [0, 0.1) is 6.92 Å². The van der Waals surface area contributed by atoms with Crippen LogP contribution in [0.15, 0.2) is 54.9 Å². The summed E-state index contributed by atoms with van der Waals surface area (Å²) in [5.41, 5.74) is 3.59. The monoisotopic (exact) mass is 302 g/mol. The van der Waals surface area contributed by atoms with Crippen LogP contribution < -0.4 is 5.32 Å². The Bertz CT molecular complexity index is 961. The summed E-state index contributed by atoms with van der Waals surface area (Å²) in [7, 11) is 0. The molecule has 0 spiro atoms. The average Bonchev–Trinajstić information content (AvgIpc) is 3.03. The lowest BCUT2D eigenvalue weighted by Crippen LogP contribution is -1.99. The summed E-state index contributed by atoms with van der Waals surface area (Å²) in [6.07, 6.45) is 3.53. The van der Waals surface area contributed by atoms with E-state index < -0.39 is 0 Å². The van der Waals surface area contributed by atoms with Crippen molar-refractivity contribution in [2.45, 2.75) is 6.92 Å². The Labute approximate surface area is 132 Å². The number of rotatable bonds is 3. The smallest absolute Gasteiger partial charge is 0.180 e. The first-order valence-corrected chi connectivity index (χ1v) is 7.25. The van der Waals surface area contributed by atoms with Crippen LogP contribution in [0.1, 0.15) is 5.69 Å². The molecule has 3 heterocycles. The van der Waals surface area contributed by atoms with Crippen molar-refractivity contribution < 1.29 is 0 Å². The second-order valence-electron chi connectivity index (χ2n) is 5.23. The molecule has 0 aliphatic rings. The molecule has 4 aromatic rings. The molecule has 112 valence electrons. The Morgan fingerprint density at radius 1 is 1.04 bits per heavy atom. The van der Waals surface area contributed by atoms with Crippen LogP contribution in [-0.2, 0) is 0 Å². The average molecular weight is 302 g/mol. The van der Waals surface area contributed by atoms with Gasteiger partial charge in [0, 0.05) is 29.0 Å². The van der Waals surface area contributed by atoms with Crippen LogP contribution in [-0.4, -0.2) is 25.1 Å². The summed E-state index contributed by atoms with van der Waals surface area (Å²) in [5, 5.41) is 11.3. The molecule has 0 atom stereocenters. The molecule has 3 aromatic heterocycles. The number of nitrogens with zero attached hydrogens (tertiary/aromatic N) is 4. The molecule has 0 saturated heterocycles. The third-order valence-corrected chi connectivity index (χ3v) is 3.46. The number of nitrogens with one attached hydrogen (secondary N) is 2. The number of aromatic amines is 1. The number of hydrogen-bond acceptors (Lipinski definition) is 5. The second-order valence-corrected chi connectivity index (χ2v) is 5.23. The van der Waals surface area contributed by atoms with Crippen molar-refractivity contribution in [2.24, 2.45) is 0 Å². The predicted octanol–water partition coefficient (Wildman–Crippen LogP) is 3.47. The molecule has 1 aromatic carbocycles. The number of aromatic nitrogens is 5. The molecular formula is C17H14N6. The molecule has 0 aliphatic carbocycles. The highest BCUT2D eigenvalue weighted by atomic mass is 15.1. The molecule has 0 fully saturated rings. The van der Waals surface area contributed by atoms with E-state index in [1.165, 1.54) is 0 Å². The van der Waals surface area contributed by atoms with Crippen molar-refractivity contribution in [3.8, 4) is 11.5 Å². The molecule has 2 N–H and O–H groups in total. The van der Waals surface area contributed by atoms with Gasteiger partial charge < -0.3 is 5.32 Å². The minimum atomic E-state index is 0.609. The van der Waals surface area contributed by atoms with E-state index in [4.69, 9.17) is 0 Å². The highest BCUT2D eigenvalue weighted by Crippen LogP contribution is 2.22. The van der Waals surface area contributed by atoms with Crippen molar-refractivity contribution in [3.05, 3.63) is 60.6 Å². The van der Waals surface area contributed by atoms with E-state index in [-0.39, 0.29) is 0 Å². The molecule has 0 saturated carbocycles. The Morgan fingerprint density at radius 3 is 2.87 bits per heavy atom. The third kappa shape index (κ3) is 2.74. The van der Waals surface area contributed by atoms with Gasteiger partial charge in [-0.2, -0.15) is 5.10 Å². The van der Waals surface area contributed by atoms with Crippen LogP contribution >= 0.6 is 0 Å². The summed E-state index contributed by atoms with van der Waals surface area (Å²) < 4.78 is 0. The van der Waals surface area contributed by atoms with Crippen molar-refractivity contribution in [1.82, 2.24) is 25.1 Å². The minimum absolute atomic E-state index is 0.609. The van der Waals surface area contributed by atoms with Crippen molar-refractivity contribution in [1.29, 1.82) is 0 Å². The Hall–Kier alpha value is -3.28. The molecule has 6 heteroatoms. The van der Waals surface area contributed by atoms with Crippen molar-refractivity contribution in [3.63, 3.8) is 0 Å². The molecule has 0 aliphatic heterocycles. The lowest BCUT2D eigenvalue weighted by molar-refractivity contribution is 1.09. The van der Waals surface area contributed by atoms with E-state index in [0.717, 1.165) is 33.8 Å². The minimum Gasteiger partial charge on any atom is -0.340 e. The highest BCUT2D eigenvalue weighted by Gasteiger charge is 2.07. The zero-order valence-corrected chi connectivity index (χ0v) is 12.5. The van der Waals surface area contributed by atoms with E-state index in [1.807, 2.05) is 49.4 Å². The summed E-state index contributed by atoms with van der Waals surface area (Å²) in [5.74, 6) is 1.35. The van der Waals surface area contributed by atoms with Crippen LogP contribution in [0.4, 0.5) is 11.5 Å². The summed E-state index contributed by atoms with van der Waals surface area (Å²) >= 11 is 0. The maximum atomic E-state index is 4.56. The number of H-pyrrole nitrogens is 1. The maximum Gasteiger partial charge on any atom is 0.180 e. The van der Waals surface area contributed by atoms with Crippen LogP contribution in [0.5, 0.6) is 0 Å². The number of fused-ring (bicyclic) bond motifs is 1. The standard InChI is InChI=1S/C17H14N6/c1-11-8-16(22-17(20-11)15-4-2-3-7-18-15)21-13-5-6-14-12(9-13)10-19-23-14/h2-10H,1H3,(H,19,23)(H,20,21,22). The number of benzene rings is 1. The fourth-order valence-corrected chi connectivity index (χ4v) is 2.41. The highest BCUT2D eigenvalue weighted by molar-refractivity contribution is 5.82. The molecule has 6 nitrogen and oxygen atoms in total. The van der Waals surface area contributed by atoms with Crippen molar-refractivity contribution >= 4 is 22.4 Å². The van der Waals surface area contributed by atoms with Gasteiger partial charge in [0.25, 0.3) is 0 Å². The topological polar surface area (TPSA) is 79.4 Å². The van der Waals surface area contributed by atoms with E-state index in [9.17, 15) is 0 Å². The molecule has 0 radical (unpaired) electrons. The van der Waals surface area contributed by atoms with Gasteiger partial charge in [0.1, 0.15) is 11.5 Å². The zero-order chi connectivity index (χ0) is 15.6. The van der Waals surface area contributed by atoms with Crippen LogP contribution in [0.2, 0.25) is 0 Å². The van der Waals surface area contributed by atoms with Gasteiger partial charge in [0.05, 0.1) is 11.7 Å². The molecular weight excluding hydrogens is 288 g/mol. The first kappa shape index (κ1) is 13.4. The molecule has 0 unspecified atom stereocenters. The summed E-state index contributed by atoms with van der Waals surface area (Å²) in [4.78, 5) is 13.3. The SMILES string of the molecule is Cc1cc(Nc2ccc3[nH]ncc3c2)nc(-c2ccccn2)n1. The van der Waals surface area contributed by atoms with Gasteiger partial charge in [-0.25, -0.2) is 9.97 Å². The Morgan fingerprint density at radius 2 is 2.00 bits per heavy atom. The first-order valence-electron chi connectivity index (χ1n) is 7.25. The fraction of sp³-hybridized carbons (Fsp3) is 0.0588. The predicted molar refractivity (Wildman–Crippen MR) is 89.4 cm³/mol. The zero-order valence-electron chi connectivity index (χ0n) is 12.5. The summed E-state index contributed by atoms with van der Waals surface area (Å²) in [6, 6.07) is 13.6. The Kier molecular flexibility index (Phi) is 3.20. The van der Waals surface area contributed by atoms with E-state index >= 15 is 0 Å². The van der Waals surface area contributed by atoms with Gasteiger partial charge in [0.2, 0.25) is 0 Å². The number of anilines is 2. The van der Waals surface area contributed by atoms with Gasteiger partial charge >= 0.3 is 0 Å². The lowest BCUT2D eigenvalue weighted by atomic mass is 10.2. The quantitative estimate of drug-likeness (QED) is 0.606. The van der Waals surface area contributed by atoms with E-state index in [2.05, 4.69) is 30.5 Å². The molecule has 0 bridgehead atoms. The van der Waals surface area contributed by atoms with E-state index in [1.54, 1.807) is 12.4 Å². The molecule has 0 amide bonds. The first-order chi connectivity index (χ1) is 11.3. The van der Waals surface area contributed by atoms with Crippen LogP contribution in [0.25, 0.3) is 22.4 Å². The Balaban J connectivity index is 1.69. The normalized spacial score (nSPS) is 10.8. The lowest BCUT2D eigenvalue weighted by Gasteiger charge is -2.08. The largest absolute Gasteiger partial charge is 0.340 e. The van der Waals surface area contributed by atoms with E-state index in [0.29, 0.717) is 5.82 Å². The third-order valence-electron chi connectivity index (χ3n) is 3.46. The van der Waals surface area contributed by atoms with Gasteiger partial charge in [-0.3, -0.25) is 10.1 Å². The number of pyridine rings is 1. The fourth-order valence-electron chi connectivity index (χ4n) is 2.41. The maximum absolute atomic E-state index is 4.56. The summed E-state index contributed by atoms with van der Waals surface area (Å²) in [6.45, 7) is 1.94. The molecule has 23 heavy (non-hydrogen) atoms. The van der Waals surface area contributed by atoms with Gasteiger partial charge in [-0.15, -0.1) is 0 Å². The second kappa shape index (κ2) is 5.49.